The maximum Gasteiger partial charge on any atom is 0.402 e. The Morgan fingerprint density at radius 1 is 1.55 bits per heavy atom. The summed E-state index contributed by atoms with van der Waals surface area (Å²) in [5.74, 6) is 0. The summed E-state index contributed by atoms with van der Waals surface area (Å²) >= 11 is -1.89. The third-order valence-corrected chi connectivity index (χ3v) is 2.19. The molecule has 0 aromatic heterocycles. The highest BCUT2D eigenvalue weighted by atomic mass is 32.2. The summed E-state index contributed by atoms with van der Waals surface area (Å²) in [6.45, 7) is -0.992. The van der Waals surface area contributed by atoms with Crippen LogP contribution in [0.2, 0.25) is 0 Å². The van der Waals surface area contributed by atoms with E-state index in [0.29, 0.717) is 0 Å². The number of rotatable bonds is 1. The maximum atomic E-state index is 11.6. The van der Waals surface area contributed by atoms with E-state index in [4.69, 9.17) is 0 Å². The van der Waals surface area contributed by atoms with Crippen LogP contribution in [0.25, 0.3) is 0 Å². The molecule has 1 atom stereocenters. The number of nitrogens with zero attached hydrogens (tertiary/aromatic N) is 1. The fraction of sp³-hybridized carbons (Fsp3) is 1.00. The van der Waals surface area contributed by atoms with E-state index >= 15 is 0 Å². The standard InChI is InChI=1S/C4H6F3NO2S/c5-4(6,7)3-8-1-2-10-11(8)9/h1-3H2. The van der Waals surface area contributed by atoms with Gasteiger partial charge in [0.1, 0.15) is 6.54 Å². The minimum Gasteiger partial charge on any atom is -0.277 e. The van der Waals surface area contributed by atoms with Gasteiger partial charge in [0.05, 0.1) is 6.61 Å². The van der Waals surface area contributed by atoms with Gasteiger partial charge < -0.3 is 0 Å². The quantitative estimate of drug-likeness (QED) is 0.599. The SMILES string of the molecule is O=S1OCCN1CC(F)(F)F. The zero-order chi connectivity index (χ0) is 8.48. The zero-order valence-corrected chi connectivity index (χ0v) is 6.24. The molecule has 0 bridgehead atoms. The van der Waals surface area contributed by atoms with Crippen molar-refractivity contribution in [1.29, 1.82) is 0 Å². The van der Waals surface area contributed by atoms with E-state index in [0.717, 1.165) is 4.31 Å². The molecule has 1 rings (SSSR count). The number of alkyl halides is 3. The fourth-order valence-electron chi connectivity index (χ4n) is 0.691. The lowest BCUT2D eigenvalue weighted by Crippen LogP contribution is -2.32. The molecule has 0 aliphatic carbocycles. The molecule has 7 heteroatoms. The van der Waals surface area contributed by atoms with Crippen molar-refractivity contribution in [3.8, 4) is 0 Å². The van der Waals surface area contributed by atoms with Crippen LogP contribution in [0.4, 0.5) is 13.2 Å². The van der Waals surface area contributed by atoms with Gasteiger partial charge in [-0.2, -0.15) is 17.5 Å². The van der Waals surface area contributed by atoms with Gasteiger partial charge in [-0.05, 0) is 0 Å². The topological polar surface area (TPSA) is 29.5 Å². The lowest BCUT2D eigenvalue weighted by Gasteiger charge is -2.12. The molecule has 3 nitrogen and oxygen atoms in total. The van der Waals surface area contributed by atoms with Crippen LogP contribution < -0.4 is 0 Å². The van der Waals surface area contributed by atoms with Crippen molar-refractivity contribution in [1.82, 2.24) is 4.31 Å². The lowest BCUT2D eigenvalue weighted by atomic mass is 10.6. The van der Waals surface area contributed by atoms with E-state index in [1.54, 1.807) is 0 Å². The van der Waals surface area contributed by atoms with Crippen molar-refractivity contribution >= 4 is 11.3 Å². The summed E-state index contributed by atoms with van der Waals surface area (Å²) < 4.78 is 50.7. The van der Waals surface area contributed by atoms with Gasteiger partial charge >= 0.3 is 6.18 Å². The van der Waals surface area contributed by atoms with Gasteiger partial charge in [0, 0.05) is 6.54 Å². The van der Waals surface area contributed by atoms with Gasteiger partial charge in [-0.1, -0.05) is 0 Å². The molecule has 0 radical (unpaired) electrons. The first-order valence-corrected chi connectivity index (χ1v) is 3.89. The number of hydrogen-bond donors (Lipinski definition) is 0. The minimum atomic E-state index is -4.30. The largest absolute Gasteiger partial charge is 0.402 e. The van der Waals surface area contributed by atoms with Crippen molar-refractivity contribution < 1.29 is 21.6 Å². The van der Waals surface area contributed by atoms with Crippen molar-refractivity contribution in [3.05, 3.63) is 0 Å². The van der Waals surface area contributed by atoms with Crippen LogP contribution in [0.3, 0.4) is 0 Å². The average Bonchev–Trinajstić information content (AvgIpc) is 2.12. The molecule has 1 fully saturated rings. The Bertz CT molecular complexity index is 171. The molecule has 1 aliphatic heterocycles. The van der Waals surface area contributed by atoms with Crippen molar-refractivity contribution in [2.45, 2.75) is 6.18 Å². The molecular weight excluding hydrogens is 183 g/mol. The van der Waals surface area contributed by atoms with E-state index in [-0.39, 0.29) is 13.2 Å². The summed E-state index contributed by atoms with van der Waals surface area (Å²) in [4.78, 5) is 0. The highest BCUT2D eigenvalue weighted by Gasteiger charge is 2.35. The minimum absolute atomic E-state index is 0.0755. The van der Waals surface area contributed by atoms with Crippen LogP contribution in [-0.2, 0) is 15.4 Å². The van der Waals surface area contributed by atoms with E-state index in [1.165, 1.54) is 0 Å². The van der Waals surface area contributed by atoms with Crippen LogP contribution in [-0.4, -0.2) is 34.4 Å². The summed E-state index contributed by atoms with van der Waals surface area (Å²) in [5.41, 5.74) is 0. The van der Waals surface area contributed by atoms with E-state index < -0.39 is 24.0 Å². The second kappa shape index (κ2) is 3.08. The molecule has 0 N–H and O–H groups in total. The molecule has 1 saturated heterocycles. The third-order valence-electron chi connectivity index (χ3n) is 1.09. The summed E-state index contributed by atoms with van der Waals surface area (Å²) in [6.07, 6.45) is -4.30. The van der Waals surface area contributed by atoms with E-state index in [1.807, 2.05) is 0 Å². The molecule has 0 aromatic carbocycles. The normalized spacial score (nSPS) is 27.7. The Labute approximate surface area is 63.9 Å². The van der Waals surface area contributed by atoms with Crippen LogP contribution in [0.1, 0.15) is 0 Å². The third kappa shape index (κ3) is 2.76. The fourth-order valence-corrected chi connectivity index (χ4v) is 1.53. The molecule has 1 heterocycles. The van der Waals surface area contributed by atoms with E-state index in [2.05, 4.69) is 4.18 Å². The molecular formula is C4H6F3NO2S. The van der Waals surface area contributed by atoms with Gasteiger partial charge in [0.25, 0.3) is 0 Å². The Hall–Kier alpha value is -0.140. The Kier molecular flexibility index (Phi) is 2.50. The van der Waals surface area contributed by atoms with Crippen LogP contribution in [0, 0.1) is 0 Å². The summed E-state index contributed by atoms with van der Waals surface area (Å²) in [6, 6.07) is 0. The first-order chi connectivity index (χ1) is 4.99. The van der Waals surface area contributed by atoms with Gasteiger partial charge in [-0.3, -0.25) is 4.18 Å². The predicted octanol–water partition coefficient (Wildman–Crippen LogP) is 0.460. The molecule has 11 heavy (non-hydrogen) atoms. The second-order valence-corrected chi connectivity index (χ2v) is 3.20. The first-order valence-electron chi connectivity index (χ1n) is 2.86. The van der Waals surface area contributed by atoms with Gasteiger partial charge in [0.2, 0.25) is 11.3 Å². The first kappa shape index (κ1) is 8.95. The highest BCUT2D eigenvalue weighted by Crippen LogP contribution is 2.19. The summed E-state index contributed by atoms with van der Waals surface area (Å²) in [7, 11) is 0. The zero-order valence-electron chi connectivity index (χ0n) is 5.43. The predicted molar refractivity (Wildman–Crippen MR) is 31.7 cm³/mol. The Balaban J connectivity index is 2.43. The van der Waals surface area contributed by atoms with Crippen molar-refractivity contribution in [2.75, 3.05) is 19.7 Å². The van der Waals surface area contributed by atoms with Crippen LogP contribution in [0.5, 0.6) is 0 Å². The molecule has 1 unspecified atom stereocenters. The highest BCUT2D eigenvalue weighted by molar-refractivity contribution is 7.77. The van der Waals surface area contributed by atoms with Crippen LogP contribution in [0.15, 0.2) is 0 Å². The number of halogens is 3. The van der Waals surface area contributed by atoms with Crippen molar-refractivity contribution in [2.24, 2.45) is 0 Å². The smallest absolute Gasteiger partial charge is 0.277 e. The lowest BCUT2D eigenvalue weighted by molar-refractivity contribution is -0.134. The molecule has 0 amide bonds. The van der Waals surface area contributed by atoms with Gasteiger partial charge in [-0.25, -0.2) is 4.21 Å². The maximum absolute atomic E-state index is 11.6. The molecule has 0 spiro atoms. The molecule has 66 valence electrons. The average molecular weight is 189 g/mol. The molecule has 0 aromatic rings. The van der Waals surface area contributed by atoms with E-state index in [9.17, 15) is 17.4 Å². The van der Waals surface area contributed by atoms with Crippen molar-refractivity contribution in [3.63, 3.8) is 0 Å². The monoisotopic (exact) mass is 189 g/mol. The molecule has 0 saturated carbocycles. The molecule has 1 aliphatic rings. The Morgan fingerprint density at radius 3 is 2.55 bits per heavy atom. The van der Waals surface area contributed by atoms with Gasteiger partial charge in [0.15, 0.2) is 0 Å². The second-order valence-electron chi connectivity index (χ2n) is 2.02. The Morgan fingerprint density at radius 2 is 2.18 bits per heavy atom. The van der Waals surface area contributed by atoms with Gasteiger partial charge in [-0.15, -0.1) is 0 Å². The summed E-state index contributed by atoms with van der Waals surface area (Å²) in [5, 5.41) is 0. The number of hydrogen-bond acceptors (Lipinski definition) is 2. The van der Waals surface area contributed by atoms with Crippen LogP contribution >= 0.6 is 0 Å².